The van der Waals surface area contributed by atoms with Crippen molar-refractivity contribution in [3.63, 3.8) is 0 Å². The van der Waals surface area contributed by atoms with E-state index in [0.29, 0.717) is 17.8 Å². The van der Waals surface area contributed by atoms with Gasteiger partial charge in [0.2, 0.25) is 5.91 Å². The summed E-state index contributed by atoms with van der Waals surface area (Å²) in [4.78, 5) is 47.5. The van der Waals surface area contributed by atoms with Crippen LogP contribution in [0.4, 0.5) is 0 Å². The fourth-order valence-corrected chi connectivity index (χ4v) is 5.68. The second-order valence-corrected chi connectivity index (χ2v) is 8.84. The van der Waals surface area contributed by atoms with Crippen LogP contribution >= 0.6 is 0 Å². The number of rotatable bonds is 8. The van der Waals surface area contributed by atoms with Crippen molar-refractivity contribution < 1.29 is 28.3 Å². The van der Waals surface area contributed by atoms with Crippen LogP contribution in [0.5, 0.6) is 0 Å². The molecule has 3 N–H and O–H groups in total. The van der Waals surface area contributed by atoms with Crippen LogP contribution in [-0.2, 0) is 19.1 Å². The highest BCUT2D eigenvalue weighted by Crippen LogP contribution is 2.55. The van der Waals surface area contributed by atoms with E-state index in [1.54, 1.807) is 6.07 Å². The van der Waals surface area contributed by atoms with Gasteiger partial charge in [-0.3, -0.25) is 19.2 Å². The highest BCUT2D eigenvalue weighted by atomic mass is 16.5. The lowest BCUT2D eigenvalue weighted by Gasteiger charge is -2.56. The number of carbonyl (C=O) groups is 4. The first-order chi connectivity index (χ1) is 14.4. The molecule has 0 saturated heterocycles. The molecule has 4 saturated carbocycles. The lowest BCUT2D eigenvalue weighted by atomic mass is 9.53. The maximum Gasteiger partial charge on any atom is 0.325 e. The molecule has 0 aliphatic heterocycles. The molecular weight excluding hydrogens is 390 g/mol. The van der Waals surface area contributed by atoms with Crippen molar-refractivity contribution in [3.05, 3.63) is 24.2 Å². The molecule has 4 aliphatic rings. The second-order valence-electron chi connectivity index (χ2n) is 8.84. The number of amides is 3. The number of carbonyl (C=O) groups excluding carboxylic acids is 4. The van der Waals surface area contributed by atoms with Gasteiger partial charge in [0.25, 0.3) is 11.8 Å². The Kier molecular flexibility index (Phi) is 5.78. The average molecular weight is 417 g/mol. The van der Waals surface area contributed by atoms with Crippen LogP contribution in [0.2, 0.25) is 0 Å². The molecule has 9 heteroatoms. The molecule has 1 aromatic rings. The summed E-state index contributed by atoms with van der Waals surface area (Å²) < 4.78 is 9.90. The fraction of sp³-hybridized carbons (Fsp3) is 0.619. The summed E-state index contributed by atoms with van der Waals surface area (Å²) in [5, 5.41) is 7.84. The molecule has 3 amide bonds. The molecule has 0 radical (unpaired) electrons. The normalized spacial score (nSPS) is 28.6. The van der Waals surface area contributed by atoms with Crippen molar-refractivity contribution in [2.45, 2.75) is 44.1 Å². The summed E-state index contributed by atoms with van der Waals surface area (Å²) in [5.74, 6) is 0.146. The van der Waals surface area contributed by atoms with E-state index in [1.807, 2.05) is 0 Å². The monoisotopic (exact) mass is 417 g/mol. The largest absolute Gasteiger partial charge is 0.459 e. The Morgan fingerprint density at radius 1 is 0.967 bits per heavy atom. The number of hydrogen-bond donors (Lipinski definition) is 3. The molecule has 0 aromatic carbocycles. The molecule has 1 aromatic heterocycles. The van der Waals surface area contributed by atoms with E-state index in [-0.39, 0.29) is 36.9 Å². The average Bonchev–Trinajstić information content (AvgIpc) is 3.22. The fourth-order valence-electron chi connectivity index (χ4n) is 5.68. The molecule has 4 fully saturated rings. The van der Waals surface area contributed by atoms with Gasteiger partial charge in [-0.05, 0) is 68.4 Å². The Morgan fingerprint density at radius 2 is 1.63 bits per heavy atom. The van der Waals surface area contributed by atoms with Gasteiger partial charge in [-0.2, -0.15) is 0 Å². The third kappa shape index (κ3) is 4.83. The van der Waals surface area contributed by atoms with Gasteiger partial charge in [-0.1, -0.05) is 0 Å². The van der Waals surface area contributed by atoms with Crippen LogP contribution in [0.1, 0.15) is 49.1 Å². The van der Waals surface area contributed by atoms with E-state index in [4.69, 9.17) is 9.15 Å². The van der Waals surface area contributed by atoms with Crippen molar-refractivity contribution in [1.29, 1.82) is 0 Å². The quantitative estimate of drug-likeness (QED) is 0.536. The van der Waals surface area contributed by atoms with Gasteiger partial charge in [0, 0.05) is 5.54 Å². The minimum absolute atomic E-state index is 0.0900. The van der Waals surface area contributed by atoms with Gasteiger partial charge in [0.1, 0.15) is 6.54 Å². The first-order valence-electron chi connectivity index (χ1n) is 10.5. The third-order valence-corrected chi connectivity index (χ3v) is 6.39. The Balaban J connectivity index is 1.12. The van der Waals surface area contributed by atoms with Crippen LogP contribution in [0.15, 0.2) is 22.8 Å². The number of hydrogen-bond acceptors (Lipinski definition) is 6. The van der Waals surface area contributed by atoms with E-state index < -0.39 is 17.8 Å². The van der Waals surface area contributed by atoms with E-state index in [1.165, 1.54) is 31.6 Å². The standard InChI is InChI=1S/C21H27N3O6/c25-17(10-23-20(28)16-2-1-3-29-16)22-11-19(27)30-12-18(26)24-21-7-13-4-14(8-21)6-15(5-13)9-21/h1-3,13-15H,4-12H2,(H,22,25)(H,23,28)(H,24,26). The summed E-state index contributed by atoms with van der Waals surface area (Å²) in [6.45, 7) is -1.04. The van der Waals surface area contributed by atoms with Crippen molar-refractivity contribution in [2.24, 2.45) is 17.8 Å². The van der Waals surface area contributed by atoms with E-state index in [9.17, 15) is 19.2 Å². The van der Waals surface area contributed by atoms with Crippen LogP contribution in [0, 0.1) is 17.8 Å². The van der Waals surface area contributed by atoms with Gasteiger partial charge < -0.3 is 25.1 Å². The SMILES string of the molecule is O=C(CNC(=O)c1ccco1)NCC(=O)OCC(=O)NC12CC3CC(CC(C3)C1)C2. The molecular formula is C21H27N3O6. The zero-order valence-corrected chi connectivity index (χ0v) is 16.8. The summed E-state index contributed by atoms with van der Waals surface area (Å²) in [7, 11) is 0. The highest BCUT2D eigenvalue weighted by molar-refractivity contribution is 5.94. The minimum atomic E-state index is -0.707. The van der Waals surface area contributed by atoms with Crippen LogP contribution in [0.25, 0.3) is 0 Å². The van der Waals surface area contributed by atoms with Crippen LogP contribution < -0.4 is 16.0 Å². The van der Waals surface area contributed by atoms with Gasteiger partial charge in [-0.25, -0.2) is 0 Å². The molecule has 0 atom stereocenters. The number of ether oxygens (including phenoxy) is 1. The van der Waals surface area contributed by atoms with Crippen molar-refractivity contribution >= 4 is 23.7 Å². The molecule has 9 nitrogen and oxygen atoms in total. The van der Waals surface area contributed by atoms with Crippen molar-refractivity contribution in [3.8, 4) is 0 Å². The lowest BCUT2D eigenvalue weighted by Crippen LogP contribution is -2.60. The molecule has 162 valence electrons. The second kappa shape index (κ2) is 8.49. The zero-order valence-electron chi connectivity index (χ0n) is 16.8. The summed E-state index contributed by atoms with van der Waals surface area (Å²) in [6, 6.07) is 3.03. The zero-order chi connectivity index (χ0) is 21.1. The number of nitrogens with one attached hydrogen (secondary N) is 3. The first-order valence-corrected chi connectivity index (χ1v) is 10.5. The topological polar surface area (TPSA) is 127 Å². The maximum atomic E-state index is 12.3. The Hall–Kier alpha value is -2.84. The van der Waals surface area contributed by atoms with Crippen molar-refractivity contribution in [2.75, 3.05) is 19.7 Å². The lowest BCUT2D eigenvalue weighted by molar-refractivity contribution is -0.149. The molecule has 30 heavy (non-hydrogen) atoms. The van der Waals surface area contributed by atoms with Gasteiger partial charge in [0.15, 0.2) is 12.4 Å². The predicted octanol–water partition coefficient (Wildman–Crippen LogP) is 0.754. The summed E-state index contributed by atoms with van der Waals surface area (Å²) in [6.07, 6.45) is 8.28. The van der Waals surface area contributed by atoms with Crippen LogP contribution in [-0.4, -0.2) is 48.9 Å². The summed E-state index contributed by atoms with van der Waals surface area (Å²) in [5.41, 5.74) is -0.126. The van der Waals surface area contributed by atoms with Gasteiger partial charge in [-0.15, -0.1) is 0 Å². The maximum absolute atomic E-state index is 12.3. The predicted molar refractivity (Wildman–Crippen MR) is 104 cm³/mol. The van der Waals surface area contributed by atoms with Gasteiger partial charge in [0.05, 0.1) is 12.8 Å². The third-order valence-electron chi connectivity index (χ3n) is 6.39. The first kappa shape index (κ1) is 20.4. The number of esters is 1. The summed E-state index contributed by atoms with van der Waals surface area (Å²) >= 11 is 0. The molecule has 4 aliphatic carbocycles. The van der Waals surface area contributed by atoms with Gasteiger partial charge >= 0.3 is 5.97 Å². The molecule has 4 bridgehead atoms. The van der Waals surface area contributed by atoms with E-state index >= 15 is 0 Å². The Bertz CT molecular complexity index is 783. The molecule has 0 spiro atoms. The smallest absolute Gasteiger partial charge is 0.325 e. The Labute approximate surface area is 174 Å². The van der Waals surface area contributed by atoms with Crippen molar-refractivity contribution in [1.82, 2.24) is 16.0 Å². The van der Waals surface area contributed by atoms with E-state index in [0.717, 1.165) is 19.3 Å². The minimum Gasteiger partial charge on any atom is -0.459 e. The molecule has 1 heterocycles. The number of furan rings is 1. The highest BCUT2D eigenvalue weighted by Gasteiger charge is 2.51. The van der Waals surface area contributed by atoms with E-state index in [2.05, 4.69) is 16.0 Å². The molecule has 5 rings (SSSR count). The Morgan fingerprint density at radius 3 is 2.23 bits per heavy atom. The molecule has 0 unspecified atom stereocenters. The van der Waals surface area contributed by atoms with Crippen LogP contribution in [0.3, 0.4) is 0 Å².